The Labute approximate surface area is 181 Å². The van der Waals surface area contributed by atoms with Crippen molar-refractivity contribution in [2.24, 2.45) is 0 Å². The third kappa shape index (κ3) is 4.08. The number of hydrogen-bond donors (Lipinski definition) is 0. The fraction of sp³-hybridized carbons (Fsp3) is 0.417. The molecule has 1 saturated carbocycles. The highest BCUT2D eigenvalue weighted by Crippen LogP contribution is 2.42. The molecule has 0 spiro atoms. The van der Waals surface area contributed by atoms with Crippen LogP contribution in [0.15, 0.2) is 54.6 Å². The van der Waals surface area contributed by atoms with Gasteiger partial charge in [-0.1, -0.05) is 48.5 Å². The zero-order valence-electron chi connectivity index (χ0n) is 16.8. The average molecular weight is 425 g/mol. The molecule has 5 nitrogen and oxygen atoms in total. The van der Waals surface area contributed by atoms with Gasteiger partial charge in [-0.2, -0.15) is 0 Å². The molecule has 2 aliphatic rings. The summed E-state index contributed by atoms with van der Waals surface area (Å²) in [6.07, 6.45) is 5.08. The van der Waals surface area contributed by atoms with Crippen molar-refractivity contribution in [3.63, 3.8) is 0 Å². The molecule has 1 aromatic heterocycles. The summed E-state index contributed by atoms with van der Waals surface area (Å²) in [7, 11) is 0. The van der Waals surface area contributed by atoms with Crippen molar-refractivity contribution in [1.29, 1.82) is 0 Å². The molecular formula is C24H25ClN2O3. The number of rotatable bonds is 7. The maximum atomic E-state index is 6.75. The number of hydrogen-bond acceptors (Lipinski definition) is 5. The first-order valence-corrected chi connectivity index (χ1v) is 11.0. The van der Waals surface area contributed by atoms with E-state index in [0.717, 1.165) is 60.9 Å². The molecule has 1 aliphatic heterocycles. The number of ether oxygens (including phenoxy) is 3. The van der Waals surface area contributed by atoms with Gasteiger partial charge in [-0.25, -0.2) is 9.97 Å². The largest absolute Gasteiger partial charge is 0.358 e. The minimum atomic E-state index is -0.893. The Hall–Kier alpha value is -2.05. The molecule has 2 aromatic carbocycles. The van der Waals surface area contributed by atoms with Crippen LogP contribution in [-0.2, 0) is 19.8 Å². The second kappa shape index (κ2) is 8.60. The molecule has 0 N–H and O–H groups in total. The van der Waals surface area contributed by atoms with Crippen LogP contribution >= 0.6 is 11.6 Å². The van der Waals surface area contributed by atoms with E-state index >= 15 is 0 Å². The molecule has 6 heteroatoms. The molecule has 1 aliphatic carbocycles. The van der Waals surface area contributed by atoms with Crippen LogP contribution in [0.1, 0.15) is 43.4 Å². The molecular weight excluding hydrogens is 400 g/mol. The molecule has 0 amide bonds. The Morgan fingerprint density at radius 2 is 1.77 bits per heavy atom. The molecule has 1 saturated heterocycles. The van der Waals surface area contributed by atoms with Crippen molar-refractivity contribution < 1.29 is 14.2 Å². The van der Waals surface area contributed by atoms with Gasteiger partial charge in [0.15, 0.2) is 11.9 Å². The summed E-state index contributed by atoms with van der Waals surface area (Å²) in [5, 5.41) is 1.12. The monoisotopic (exact) mass is 424 g/mol. The highest BCUT2D eigenvalue weighted by Gasteiger charge is 2.44. The van der Waals surface area contributed by atoms with Gasteiger partial charge in [0.25, 0.3) is 0 Å². The number of aromatic nitrogens is 2. The fourth-order valence-corrected chi connectivity index (χ4v) is 4.21. The SMILES string of the molecule is Clc1nc([C@@](COC2CCCCO2)(OC2CC2)c2ccccc2)c2ccccc2n1. The van der Waals surface area contributed by atoms with E-state index in [1.165, 1.54) is 0 Å². The highest BCUT2D eigenvalue weighted by atomic mass is 35.5. The van der Waals surface area contributed by atoms with Crippen molar-refractivity contribution in [3.05, 3.63) is 71.1 Å². The van der Waals surface area contributed by atoms with Gasteiger partial charge in [-0.05, 0) is 55.3 Å². The average Bonchev–Trinajstić information content (AvgIpc) is 3.61. The summed E-state index contributed by atoms with van der Waals surface area (Å²) in [5.41, 5.74) is 1.64. The minimum Gasteiger partial charge on any atom is -0.358 e. The van der Waals surface area contributed by atoms with E-state index in [4.69, 9.17) is 30.8 Å². The van der Waals surface area contributed by atoms with Crippen molar-refractivity contribution in [2.45, 2.75) is 50.1 Å². The Morgan fingerprint density at radius 1 is 0.967 bits per heavy atom. The number of benzene rings is 2. The molecule has 1 unspecified atom stereocenters. The van der Waals surface area contributed by atoms with Crippen molar-refractivity contribution in [3.8, 4) is 0 Å². The number of halogens is 1. The molecule has 156 valence electrons. The lowest BCUT2D eigenvalue weighted by atomic mass is 9.88. The van der Waals surface area contributed by atoms with Crippen LogP contribution in [0.25, 0.3) is 10.9 Å². The van der Waals surface area contributed by atoms with Gasteiger partial charge in [0.1, 0.15) is 0 Å². The second-order valence-electron chi connectivity index (χ2n) is 7.98. The van der Waals surface area contributed by atoms with E-state index in [9.17, 15) is 0 Å². The first-order chi connectivity index (χ1) is 14.7. The van der Waals surface area contributed by atoms with Crippen molar-refractivity contribution in [1.82, 2.24) is 9.97 Å². The predicted molar refractivity (Wildman–Crippen MR) is 115 cm³/mol. The van der Waals surface area contributed by atoms with Crippen LogP contribution in [0.3, 0.4) is 0 Å². The van der Waals surface area contributed by atoms with Crippen LogP contribution in [0, 0.1) is 0 Å². The van der Waals surface area contributed by atoms with E-state index in [0.29, 0.717) is 6.61 Å². The first kappa shape index (κ1) is 19.9. The lowest BCUT2D eigenvalue weighted by molar-refractivity contribution is -0.197. The summed E-state index contributed by atoms with van der Waals surface area (Å²) in [5.74, 6) is 0. The fourth-order valence-electron chi connectivity index (χ4n) is 4.03. The third-order valence-electron chi connectivity index (χ3n) is 5.70. The summed E-state index contributed by atoms with van der Waals surface area (Å²) in [6, 6.07) is 18.1. The number of nitrogens with zero attached hydrogens (tertiary/aromatic N) is 2. The molecule has 2 atom stereocenters. The smallest absolute Gasteiger partial charge is 0.223 e. The van der Waals surface area contributed by atoms with Crippen LogP contribution in [0.4, 0.5) is 0 Å². The van der Waals surface area contributed by atoms with E-state index in [1.54, 1.807) is 0 Å². The summed E-state index contributed by atoms with van der Waals surface area (Å²) in [6.45, 7) is 1.03. The van der Waals surface area contributed by atoms with Crippen LogP contribution in [0.5, 0.6) is 0 Å². The van der Waals surface area contributed by atoms with Gasteiger partial charge < -0.3 is 14.2 Å². The number of fused-ring (bicyclic) bond motifs is 1. The molecule has 3 aromatic rings. The molecule has 0 bridgehead atoms. The van der Waals surface area contributed by atoms with E-state index in [-0.39, 0.29) is 17.7 Å². The Kier molecular flexibility index (Phi) is 5.70. The third-order valence-corrected chi connectivity index (χ3v) is 5.87. The van der Waals surface area contributed by atoms with E-state index in [1.807, 2.05) is 42.5 Å². The van der Waals surface area contributed by atoms with E-state index < -0.39 is 5.60 Å². The Balaban J connectivity index is 1.65. The van der Waals surface area contributed by atoms with Crippen LogP contribution in [-0.4, -0.2) is 35.6 Å². The van der Waals surface area contributed by atoms with Crippen LogP contribution in [0.2, 0.25) is 5.28 Å². The maximum absolute atomic E-state index is 6.75. The van der Waals surface area contributed by atoms with E-state index in [2.05, 4.69) is 17.1 Å². The van der Waals surface area contributed by atoms with Gasteiger partial charge in [-0.15, -0.1) is 0 Å². The van der Waals surface area contributed by atoms with Crippen molar-refractivity contribution in [2.75, 3.05) is 13.2 Å². The molecule has 2 fully saturated rings. The van der Waals surface area contributed by atoms with Gasteiger partial charge in [0.05, 0.1) is 23.9 Å². The molecule has 5 rings (SSSR count). The number of para-hydroxylation sites is 1. The van der Waals surface area contributed by atoms with Crippen LogP contribution < -0.4 is 0 Å². The van der Waals surface area contributed by atoms with Crippen molar-refractivity contribution >= 4 is 22.5 Å². The lowest BCUT2D eigenvalue weighted by Crippen LogP contribution is -2.40. The minimum absolute atomic E-state index is 0.175. The topological polar surface area (TPSA) is 53.5 Å². The first-order valence-electron chi connectivity index (χ1n) is 10.6. The van der Waals surface area contributed by atoms with Gasteiger partial charge in [0, 0.05) is 12.0 Å². The van der Waals surface area contributed by atoms with Gasteiger partial charge >= 0.3 is 0 Å². The van der Waals surface area contributed by atoms with Gasteiger partial charge in [0.2, 0.25) is 5.28 Å². The predicted octanol–water partition coefficient (Wildman–Crippen LogP) is 5.25. The highest BCUT2D eigenvalue weighted by molar-refractivity contribution is 6.28. The zero-order chi connectivity index (χ0) is 20.4. The summed E-state index contributed by atoms with van der Waals surface area (Å²) >= 11 is 6.38. The Bertz CT molecular complexity index is 1010. The lowest BCUT2D eigenvalue weighted by Gasteiger charge is -2.36. The molecule has 2 heterocycles. The quantitative estimate of drug-likeness (QED) is 0.485. The zero-order valence-corrected chi connectivity index (χ0v) is 17.6. The summed E-state index contributed by atoms with van der Waals surface area (Å²) in [4.78, 5) is 9.12. The maximum Gasteiger partial charge on any atom is 0.223 e. The normalized spacial score (nSPS) is 21.4. The summed E-state index contributed by atoms with van der Waals surface area (Å²) < 4.78 is 18.9. The molecule has 0 radical (unpaired) electrons. The van der Waals surface area contributed by atoms with Gasteiger partial charge in [-0.3, -0.25) is 0 Å². The standard InChI is InChI=1S/C24H25ClN2O3/c25-23-26-20-11-5-4-10-19(20)22(27-23)24(30-18-13-14-18,17-8-2-1-3-9-17)16-29-21-12-6-7-15-28-21/h1-5,8-11,18,21H,6-7,12-16H2/t21?,24-/m0/s1. The molecule has 30 heavy (non-hydrogen) atoms. The second-order valence-corrected chi connectivity index (χ2v) is 8.31. The Morgan fingerprint density at radius 3 is 2.53 bits per heavy atom.